The number of piperidine rings is 1. The maximum atomic E-state index is 14.0. The van der Waals surface area contributed by atoms with Crippen molar-refractivity contribution in [2.75, 3.05) is 26.7 Å². The van der Waals surface area contributed by atoms with Gasteiger partial charge in [-0.25, -0.2) is 8.78 Å². The monoisotopic (exact) mass is 523 g/mol. The predicted octanol–water partition coefficient (Wildman–Crippen LogP) is 5.44. The summed E-state index contributed by atoms with van der Waals surface area (Å²) in [6.45, 7) is 4.33. The number of hydrogen-bond donors (Lipinski definition) is 2. The summed E-state index contributed by atoms with van der Waals surface area (Å²) in [6.07, 6.45) is 3.40. The van der Waals surface area contributed by atoms with Crippen LogP contribution in [0.15, 0.2) is 42.6 Å². The number of amides is 1. The molecule has 3 fully saturated rings. The first-order valence-electron chi connectivity index (χ1n) is 13.5. The molecule has 0 radical (unpaired) electrons. The molecule has 1 aromatic heterocycles. The minimum atomic E-state index is -2.57. The van der Waals surface area contributed by atoms with Crippen molar-refractivity contribution < 1.29 is 23.4 Å². The van der Waals surface area contributed by atoms with E-state index in [2.05, 4.69) is 28.9 Å². The van der Waals surface area contributed by atoms with Gasteiger partial charge in [0.1, 0.15) is 5.75 Å². The van der Waals surface area contributed by atoms with E-state index in [4.69, 9.17) is 4.74 Å². The molecule has 202 valence electrons. The standard InChI is InChI=1S/C30H35F2N3O3/c1-19-13-26(38-2)24(23-7-10-33-27(19)23)16-34-12-9-29(17-30(31,32)18-29)14-25(34)20-3-5-21(6-4-20)28(37)35-11-8-22(36)15-35/h3-7,10,13,22,25,33,36H,8-9,11-12,14-18H2,1-2H3/t22-,25-/m1/s1. The summed E-state index contributed by atoms with van der Waals surface area (Å²) in [5, 5.41) is 10.9. The highest BCUT2D eigenvalue weighted by atomic mass is 19.3. The number of aromatic amines is 1. The summed E-state index contributed by atoms with van der Waals surface area (Å²) in [5.41, 5.74) is 4.57. The Morgan fingerprint density at radius 1 is 1.18 bits per heavy atom. The van der Waals surface area contributed by atoms with Gasteiger partial charge in [0, 0.05) is 66.7 Å². The second-order valence-corrected chi connectivity index (χ2v) is 11.6. The first-order valence-corrected chi connectivity index (χ1v) is 13.5. The zero-order valence-electron chi connectivity index (χ0n) is 22.0. The highest BCUT2D eigenvalue weighted by molar-refractivity contribution is 5.94. The molecule has 6 rings (SSSR count). The summed E-state index contributed by atoms with van der Waals surface area (Å²) in [6, 6.07) is 11.7. The number of hydrogen-bond acceptors (Lipinski definition) is 4. The van der Waals surface area contributed by atoms with Gasteiger partial charge >= 0.3 is 0 Å². The van der Waals surface area contributed by atoms with E-state index in [1.807, 2.05) is 30.5 Å². The fraction of sp³-hybridized carbons (Fsp3) is 0.500. The molecule has 38 heavy (non-hydrogen) atoms. The number of rotatable bonds is 5. The Morgan fingerprint density at radius 2 is 1.95 bits per heavy atom. The van der Waals surface area contributed by atoms with E-state index in [0.29, 0.717) is 38.0 Å². The van der Waals surface area contributed by atoms with Gasteiger partial charge in [0.05, 0.1) is 13.2 Å². The molecule has 2 aliphatic heterocycles. The van der Waals surface area contributed by atoms with Gasteiger partial charge in [-0.2, -0.15) is 0 Å². The lowest BCUT2D eigenvalue weighted by molar-refractivity contribution is -0.186. The first kappa shape index (κ1) is 25.3. The summed E-state index contributed by atoms with van der Waals surface area (Å²) >= 11 is 0. The zero-order chi connectivity index (χ0) is 26.7. The molecule has 6 nitrogen and oxygen atoms in total. The minimum Gasteiger partial charge on any atom is -0.496 e. The molecule has 1 amide bonds. The van der Waals surface area contributed by atoms with E-state index in [-0.39, 0.29) is 30.2 Å². The number of aromatic nitrogens is 1. The largest absolute Gasteiger partial charge is 0.496 e. The molecule has 1 spiro atoms. The lowest BCUT2D eigenvalue weighted by Crippen LogP contribution is -2.53. The predicted molar refractivity (Wildman–Crippen MR) is 142 cm³/mol. The maximum absolute atomic E-state index is 14.0. The van der Waals surface area contributed by atoms with E-state index in [0.717, 1.165) is 46.3 Å². The van der Waals surface area contributed by atoms with Crippen LogP contribution in [0.4, 0.5) is 8.78 Å². The van der Waals surface area contributed by atoms with Crippen LogP contribution in [0, 0.1) is 12.3 Å². The van der Waals surface area contributed by atoms with E-state index >= 15 is 0 Å². The van der Waals surface area contributed by atoms with Gasteiger partial charge < -0.3 is 19.7 Å². The molecular formula is C30H35F2N3O3. The number of fused-ring (bicyclic) bond motifs is 1. The van der Waals surface area contributed by atoms with Crippen molar-refractivity contribution in [3.63, 3.8) is 0 Å². The fourth-order valence-electron chi connectivity index (χ4n) is 7.00. The summed E-state index contributed by atoms with van der Waals surface area (Å²) < 4.78 is 33.9. The van der Waals surface area contributed by atoms with Crippen molar-refractivity contribution in [2.45, 2.75) is 63.6 Å². The first-order chi connectivity index (χ1) is 18.2. The Morgan fingerprint density at radius 3 is 2.61 bits per heavy atom. The van der Waals surface area contributed by atoms with Crippen LogP contribution in [0.5, 0.6) is 5.75 Å². The summed E-state index contributed by atoms with van der Waals surface area (Å²) in [7, 11) is 1.69. The quantitative estimate of drug-likeness (QED) is 0.467. The zero-order valence-corrected chi connectivity index (χ0v) is 22.0. The van der Waals surface area contributed by atoms with Crippen molar-refractivity contribution >= 4 is 16.8 Å². The van der Waals surface area contributed by atoms with Gasteiger partial charge in [-0.1, -0.05) is 12.1 Å². The molecule has 1 aliphatic carbocycles. The molecule has 3 aromatic rings. The molecule has 2 saturated heterocycles. The molecule has 2 N–H and O–H groups in total. The number of benzene rings is 2. The highest BCUT2D eigenvalue weighted by Gasteiger charge is 2.58. The van der Waals surface area contributed by atoms with Gasteiger partial charge in [0.15, 0.2) is 0 Å². The third kappa shape index (κ3) is 4.47. The van der Waals surface area contributed by atoms with Crippen LogP contribution in [0.25, 0.3) is 10.9 Å². The molecule has 2 aromatic carbocycles. The SMILES string of the molecule is COc1cc(C)c2[nH]ccc2c1CN1CCC2(C[C@@H]1c1ccc(C(=O)N3CC[C@@H](O)C3)cc1)CC(F)(F)C2. The van der Waals surface area contributed by atoms with Crippen molar-refractivity contribution in [3.8, 4) is 5.75 Å². The number of aliphatic hydroxyl groups is 1. The minimum absolute atomic E-state index is 0.0439. The van der Waals surface area contributed by atoms with Crippen molar-refractivity contribution in [3.05, 3.63) is 64.8 Å². The molecule has 0 bridgehead atoms. The molecule has 1 saturated carbocycles. The number of nitrogens with zero attached hydrogens (tertiary/aromatic N) is 2. The van der Waals surface area contributed by atoms with E-state index < -0.39 is 12.0 Å². The van der Waals surface area contributed by atoms with Crippen molar-refractivity contribution in [1.82, 2.24) is 14.8 Å². The van der Waals surface area contributed by atoms with Crippen molar-refractivity contribution in [1.29, 1.82) is 0 Å². The van der Waals surface area contributed by atoms with Gasteiger partial charge in [-0.3, -0.25) is 9.69 Å². The lowest BCUT2D eigenvalue weighted by atomic mass is 9.59. The van der Waals surface area contributed by atoms with Crippen LogP contribution in [0.1, 0.15) is 65.2 Å². The van der Waals surface area contributed by atoms with Crippen LogP contribution < -0.4 is 4.74 Å². The number of ether oxygens (including phenoxy) is 1. The summed E-state index contributed by atoms with van der Waals surface area (Å²) in [5.74, 6) is -1.82. The number of H-pyrrole nitrogens is 1. The number of halogens is 2. The van der Waals surface area contributed by atoms with E-state index in [9.17, 15) is 18.7 Å². The van der Waals surface area contributed by atoms with Crippen LogP contribution in [-0.2, 0) is 6.54 Å². The Bertz CT molecular complexity index is 1340. The number of alkyl halides is 2. The number of carbonyl (C=O) groups excluding carboxylic acids is 1. The second-order valence-electron chi connectivity index (χ2n) is 11.6. The lowest BCUT2D eigenvalue weighted by Gasteiger charge is -2.54. The van der Waals surface area contributed by atoms with E-state index in [1.165, 1.54) is 0 Å². The van der Waals surface area contributed by atoms with E-state index in [1.54, 1.807) is 12.0 Å². The molecule has 0 unspecified atom stereocenters. The molecule has 3 aliphatic rings. The maximum Gasteiger partial charge on any atom is 0.253 e. The number of nitrogens with one attached hydrogen (secondary N) is 1. The molecule has 3 heterocycles. The smallest absolute Gasteiger partial charge is 0.253 e. The third-order valence-electron chi connectivity index (χ3n) is 8.95. The van der Waals surface area contributed by atoms with Gasteiger partial charge in [-0.15, -0.1) is 0 Å². The van der Waals surface area contributed by atoms with Gasteiger partial charge in [-0.05, 0) is 73.5 Å². The fourth-order valence-corrected chi connectivity index (χ4v) is 7.00. The van der Waals surface area contributed by atoms with Crippen LogP contribution >= 0.6 is 0 Å². The number of carbonyl (C=O) groups is 1. The number of β-amino-alcohol motifs (C(OH)–C–C–N with tert-alkyl or cyclic N) is 1. The topological polar surface area (TPSA) is 68.8 Å². The Balaban J connectivity index is 1.30. The highest BCUT2D eigenvalue weighted by Crippen LogP contribution is 2.60. The Kier molecular flexibility index (Phi) is 6.23. The molecule has 2 atom stereocenters. The van der Waals surface area contributed by atoms with Gasteiger partial charge in [0.2, 0.25) is 5.92 Å². The average molecular weight is 524 g/mol. The average Bonchev–Trinajstić information content (AvgIpc) is 3.55. The Hall–Kier alpha value is -2.97. The number of likely N-dealkylation sites (tertiary alicyclic amines) is 2. The number of aliphatic hydroxyl groups excluding tert-OH is 1. The van der Waals surface area contributed by atoms with Crippen LogP contribution in [-0.4, -0.2) is 64.6 Å². The third-order valence-corrected chi connectivity index (χ3v) is 8.95. The van der Waals surface area contributed by atoms with Crippen molar-refractivity contribution in [2.24, 2.45) is 5.41 Å². The van der Waals surface area contributed by atoms with Crippen LogP contribution in [0.3, 0.4) is 0 Å². The van der Waals surface area contributed by atoms with Gasteiger partial charge in [0.25, 0.3) is 5.91 Å². The Labute approximate surface area is 221 Å². The molecular weight excluding hydrogens is 488 g/mol. The summed E-state index contributed by atoms with van der Waals surface area (Å²) in [4.78, 5) is 20.3. The number of methoxy groups -OCH3 is 1. The normalized spacial score (nSPS) is 24.6. The van der Waals surface area contributed by atoms with Crippen LogP contribution in [0.2, 0.25) is 0 Å². The second kappa shape index (κ2) is 9.35. The molecule has 8 heteroatoms. The number of aryl methyl sites for hydroxylation is 1.